The second kappa shape index (κ2) is 4.86. The van der Waals surface area contributed by atoms with Crippen LogP contribution < -0.4 is 21.5 Å². The van der Waals surface area contributed by atoms with Gasteiger partial charge in [-0.05, 0) is 13.8 Å². The van der Waals surface area contributed by atoms with Crippen LogP contribution >= 0.6 is 0 Å². The number of aromatic nitrogens is 2. The molecule has 0 aliphatic rings. The Hall–Kier alpha value is -2.05. The lowest BCUT2D eigenvalue weighted by molar-refractivity contribution is -0.118. The summed E-state index contributed by atoms with van der Waals surface area (Å²) in [5, 5.41) is 3.04. The van der Waals surface area contributed by atoms with Crippen molar-refractivity contribution in [1.29, 1.82) is 0 Å². The van der Waals surface area contributed by atoms with Crippen molar-refractivity contribution in [2.75, 3.05) is 18.2 Å². The first-order valence-corrected chi connectivity index (χ1v) is 5.06. The molecule has 0 aliphatic carbocycles. The highest BCUT2D eigenvalue weighted by Crippen LogP contribution is 2.27. The summed E-state index contributed by atoms with van der Waals surface area (Å²) in [7, 11) is 1.47. The average Bonchev–Trinajstić information content (AvgIpc) is 2.19. The molecule has 0 spiro atoms. The van der Waals surface area contributed by atoms with Crippen molar-refractivity contribution in [2.45, 2.75) is 25.8 Å². The second-order valence-electron chi connectivity index (χ2n) is 4.30. The molecule has 94 valence electrons. The number of ether oxygens (including phenoxy) is 1. The summed E-state index contributed by atoms with van der Waals surface area (Å²) in [5.41, 5.74) is 10.7. The normalized spacial score (nSPS) is 11.0. The van der Waals surface area contributed by atoms with Gasteiger partial charge in [0.1, 0.15) is 12.0 Å². The number of nitrogens with zero attached hydrogens (tertiary/aromatic N) is 2. The van der Waals surface area contributed by atoms with E-state index in [-0.39, 0.29) is 12.3 Å². The van der Waals surface area contributed by atoms with Crippen molar-refractivity contribution in [3.8, 4) is 5.88 Å². The molecule has 1 amide bonds. The monoisotopic (exact) mass is 239 g/mol. The minimum Gasteiger partial charge on any atom is -0.479 e. The van der Waals surface area contributed by atoms with Crippen molar-refractivity contribution >= 4 is 17.4 Å². The Bertz CT molecular complexity index is 419. The van der Waals surface area contributed by atoms with Gasteiger partial charge in [-0.25, -0.2) is 4.98 Å². The van der Waals surface area contributed by atoms with Crippen LogP contribution in [0, 0.1) is 0 Å². The first-order chi connectivity index (χ1) is 7.85. The highest BCUT2D eigenvalue weighted by Gasteiger charge is 2.22. The third kappa shape index (κ3) is 3.47. The molecular formula is C10H17N5O2. The van der Waals surface area contributed by atoms with E-state index in [1.807, 2.05) is 13.8 Å². The lowest BCUT2D eigenvalue weighted by atomic mass is 10.0. The zero-order valence-electron chi connectivity index (χ0n) is 10.2. The van der Waals surface area contributed by atoms with Gasteiger partial charge >= 0.3 is 0 Å². The third-order valence-corrected chi connectivity index (χ3v) is 2.11. The highest BCUT2D eigenvalue weighted by molar-refractivity contribution is 5.76. The van der Waals surface area contributed by atoms with Crippen LogP contribution in [0.25, 0.3) is 0 Å². The van der Waals surface area contributed by atoms with E-state index in [1.54, 1.807) is 0 Å². The summed E-state index contributed by atoms with van der Waals surface area (Å²) in [4.78, 5) is 18.8. The summed E-state index contributed by atoms with van der Waals surface area (Å²) in [6.45, 7) is 3.65. The van der Waals surface area contributed by atoms with Gasteiger partial charge in [-0.2, -0.15) is 4.98 Å². The maximum absolute atomic E-state index is 10.9. The van der Waals surface area contributed by atoms with Crippen molar-refractivity contribution in [1.82, 2.24) is 9.97 Å². The number of hydrogen-bond donors (Lipinski definition) is 3. The highest BCUT2D eigenvalue weighted by atomic mass is 16.5. The number of carbonyl (C=O) groups excluding carboxylic acids is 1. The predicted molar refractivity (Wildman–Crippen MR) is 64.5 cm³/mol. The molecule has 0 saturated carbocycles. The number of carbonyl (C=O) groups is 1. The van der Waals surface area contributed by atoms with Crippen molar-refractivity contribution in [2.24, 2.45) is 5.73 Å². The molecule has 0 saturated heterocycles. The van der Waals surface area contributed by atoms with E-state index < -0.39 is 11.4 Å². The van der Waals surface area contributed by atoms with Crippen molar-refractivity contribution < 1.29 is 9.53 Å². The molecule has 0 aromatic carbocycles. The molecule has 1 aromatic heterocycles. The average molecular weight is 239 g/mol. The van der Waals surface area contributed by atoms with E-state index in [0.29, 0.717) is 11.5 Å². The van der Waals surface area contributed by atoms with Gasteiger partial charge in [0, 0.05) is 12.0 Å². The number of nitrogens with one attached hydrogen (secondary N) is 1. The van der Waals surface area contributed by atoms with Crippen LogP contribution in [-0.4, -0.2) is 28.5 Å². The summed E-state index contributed by atoms with van der Waals surface area (Å²) < 4.78 is 4.97. The number of methoxy groups -OCH3 is 1. The number of primary amides is 1. The third-order valence-electron chi connectivity index (χ3n) is 2.11. The minimum atomic E-state index is -0.542. The first kappa shape index (κ1) is 13.0. The molecule has 1 aromatic rings. The molecule has 0 fully saturated rings. The quantitative estimate of drug-likeness (QED) is 0.672. The number of nitrogens with two attached hydrogens (primary N) is 2. The molecule has 7 nitrogen and oxygen atoms in total. The maximum Gasteiger partial charge on any atom is 0.242 e. The van der Waals surface area contributed by atoms with Gasteiger partial charge in [-0.1, -0.05) is 0 Å². The molecule has 0 radical (unpaired) electrons. The number of amides is 1. The number of hydrogen-bond acceptors (Lipinski definition) is 6. The zero-order chi connectivity index (χ0) is 13.1. The SMILES string of the molecule is COc1ncnc(NC(C)(C)CC(N)=O)c1N. The van der Waals surface area contributed by atoms with Gasteiger partial charge in [0.25, 0.3) is 0 Å². The van der Waals surface area contributed by atoms with Crippen LogP contribution in [0.15, 0.2) is 6.33 Å². The number of anilines is 2. The van der Waals surface area contributed by atoms with E-state index in [9.17, 15) is 4.79 Å². The van der Waals surface area contributed by atoms with Gasteiger partial charge in [0.05, 0.1) is 7.11 Å². The van der Waals surface area contributed by atoms with Crippen LogP contribution in [-0.2, 0) is 4.79 Å². The first-order valence-electron chi connectivity index (χ1n) is 5.06. The van der Waals surface area contributed by atoms with Gasteiger partial charge in [-0.15, -0.1) is 0 Å². The van der Waals surface area contributed by atoms with Crippen LogP contribution in [0.2, 0.25) is 0 Å². The molecule has 0 unspecified atom stereocenters. The largest absolute Gasteiger partial charge is 0.479 e. The Morgan fingerprint density at radius 1 is 1.53 bits per heavy atom. The Balaban J connectivity index is 2.91. The fraction of sp³-hybridized carbons (Fsp3) is 0.500. The van der Waals surface area contributed by atoms with E-state index in [2.05, 4.69) is 15.3 Å². The Morgan fingerprint density at radius 3 is 2.71 bits per heavy atom. The molecule has 1 heterocycles. The van der Waals surface area contributed by atoms with Gasteiger partial charge < -0.3 is 21.5 Å². The zero-order valence-corrected chi connectivity index (χ0v) is 10.2. The summed E-state index contributed by atoms with van der Waals surface area (Å²) in [6.07, 6.45) is 1.50. The fourth-order valence-electron chi connectivity index (χ4n) is 1.44. The van der Waals surface area contributed by atoms with Crippen LogP contribution in [0.4, 0.5) is 11.5 Å². The molecule has 5 N–H and O–H groups in total. The summed E-state index contributed by atoms with van der Waals surface area (Å²) >= 11 is 0. The van der Waals surface area contributed by atoms with Gasteiger partial charge in [0.15, 0.2) is 5.82 Å². The van der Waals surface area contributed by atoms with Gasteiger partial charge in [-0.3, -0.25) is 4.79 Å². The molecule has 7 heteroatoms. The van der Waals surface area contributed by atoms with E-state index in [1.165, 1.54) is 13.4 Å². The molecule has 0 bridgehead atoms. The van der Waals surface area contributed by atoms with Crippen LogP contribution in [0.5, 0.6) is 5.88 Å². The lowest BCUT2D eigenvalue weighted by Crippen LogP contribution is -2.36. The summed E-state index contributed by atoms with van der Waals surface area (Å²) in [6, 6.07) is 0. The van der Waals surface area contributed by atoms with E-state index in [0.717, 1.165) is 0 Å². The Kier molecular flexibility index (Phi) is 3.72. The van der Waals surface area contributed by atoms with Crippen molar-refractivity contribution in [3.05, 3.63) is 6.33 Å². The van der Waals surface area contributed by atoms with Gasteiger partial charge in [0.2, 0.25) is 11.8 Å². The van der Waals surface area contributed by atoms with Crippen LogP contribution in [0.1, 0.15) is 20.3 Å². The maximum atomic E-state index is 10.9. The predicted octanol–water partition coefficient (Wildman–Crippen LogP) is 0.133. The lowest BCUT2D eigenvalue weighted by Gasteiger charge is -2.26. The molecule has 0 aliphatic heterocycles. The Labute approximate surface area is 99.6 Å². The summed E-state index contributed by atoms with van der Waals surface area (Å²) in [5.74, 6) is 0.308. The van der Waals surface area contributed by atoms with E-state index in [4.69, 9.17) is 16.2 Å². The molecular weight excluding hydrogens is 222 g/mol. The van der Waals surface area contributed by atoms with Crippen molar-refractivity contribution in [3.63, 3.8) is 0 Å². The number of nitrogen functional groups attached to an aromatic ring is 1. The molecule has 0 atom stereocenters. The molecule has 17 heavy (non-hydrogen) atoms. The van der Waals surface area contributed by atoms with Crippen LogP contribution in [0.3, 0.4) is 0 Å². The van der Waals surface area contributed by atoms with E-state index >= 15 is 0 Å². The smallest absolute Gasteiger partial charge is 0.242 e. The molecule has 1 rings (SSSR count). The second-order valence-corrected chi connectivity index (χ2v) is 4.30. The number of rotatable bonds is 5. The minimum absolute atomic E-state index is 0.165. The topological polar surface area (TPSA) is 116 Å². The standard InChI is InChI=1S/C10H17N5O2/c1-10(2,4-6(11)16)15-8-7(12)9(17-3)14-5-13-8/h5H,4,12H2,1-3H3,(H2,11,16)(H,13,14,15). The fourth-order valence-corrected chi connectivity index (χ4v) is 1.44. The Morgan fingerprint density at radius 2 is 2.18 bits per heavy atom.